The van der Waals surface area contributed by atoms with E-state index in [-0.39, 0.29) is 22.4 Å². The molecule has 0 spiro atoms. The monoisotopic (exact) mass is 352 g/mol. The summed E-state index contributed by atoms with van der Waals surface area (Å²) in [6.07, 6.45) is 3.88. The molecule has 1 aromatic rings. The van der Waals surface area contributed by atoms with Gasteiger partial charge in [0.05, 0.1) is 18.4 Å². The van der Waals surface area contributed by atoms with Crippen molar-refractivity contribution in [3.05, 3.63) is 47.6 Å². The average Bonchev–Trinajstić information content (AvgIpc) is 3.01. The molecule has 138 valence electrons. The van der Waals surface area contributed by atoms with Crippen LogP contribution in [0.4, 0.5) is 0 Å². The molecule has 1 aromatic carbocycles. The van der Waals surface area contributed by atoms with Crippen molar-refractivity contribution in [1.29, 1.82) is 0 Å². The van der Waals surface area contributed by atoms with Gasteiger partial charge in [-0.05, 0) is 34.1 Å². The van der Waals surface area contributed by atoms with E-state index < -0.39 is 11.3 Å². The summed E-state index contributed by atoms with van der Waals surface area (Å²) in [4.78, 5) is 26.9. The van der Waals surface area contributed by atoms with Crippen LogP contribution in [-0.4, -0.2) is 18.7 Å². The number of ether oxygens (including phenoxy) is 1. The zero-order chi connectivity index (χ0) is 19.5. The Morgan fingerprint density at radius 3 is 1.96 bits per heavy atom. The van der Waals surface area contributed by atoms with Crippen LogP contribution in [0.25, 0.3) is 5.57 Å². The Morgan fingerprint density at radius 1 is 0.962 bits per heavy atom. The van der Waals surface area contributed by atoms with Crippen molar-refractivity contribution < 1.29 is 14.3 Å². The van der Waals surface area contributed by atoms with E-state index in [9.17, 15) is 9.59 Å². The number of methoxy groups -OCH3 is 1. The molecule has 0 bridgehead atoms. The first-order valence-corrected chi connectivity index (χ1v) is 9.12. The topological polar surface area (TPSA) is 43.4 Å². The maximum atomic E-state index is 13.6. The fourth-order valence-electron chi connectivity index (χ4n) is 4.25. The first kappa shape index (κ1) is 18.6. The molecule has 3 nitrogen and oxygen atoms in total. The number of carbonyl (C=O) groups excluding carboxylic acids is 2. The molecule has 0 N–H and O–H groups in total. The minimum atomic E-state index is -0.804. The number of hydrogen-bond donors (Lipinski definition) is 0. The number of benzene rings is 1. The van der Waals surface area contributed by atoms with Crippen LogP contribution in [0.1, 0.15) is 47.1 Å². The molecule has 3 heteroatoms. The number of fused-ring (bicyclic) bond motifs is 1. The van der Waals surface area contributed by atoms with Crippen molar-refractivity contribution in [3.63, 3.8) is 0 Å². The normalized spacial score (nSPS) is 25.9. The molecular formula is C23H28O3. The van der Waals surface area contributed by atoms with E-state index in [0.717, 1.165) is 16.9 Å². The van der Waals surface area contributed by atoms with Crippen LogP contribution in [0.3, 0.4) is 0 Å². The Labute approximate surface area is 156 Å². The minimum absolute atomic E-state index is 0.0489. The highest BCUT2D eigenvalue weighted by Crippen LogP contribution is 2.60. The van der Waals surface area contributed by atoms with Gasteiger partial charge < -0.3 is 4.74 Å². The maximum Gasteiger partial charge on any atom is 0.174 e. The molecular weight excluding hydrogens is 324 g/mol. The molecule has 0 heterocycles. The molecule has 0 fully saturated rings. The molecule has 2 atom stereocenters. The lowest BCUT2D eigenvalue weighted by Gasteiger charge is -2.39. The van der Waals surface area contributed by atoms with Crippen LogP contribution in [-0.2, 0) is 9.59 Å². The van der Waals surface area contributed by atoms with E-state index in [1.165, 1.54) is 0 Å². The van der Waals surface area contributed by atoms with Gasteiger partial charge in [0, 0.05) is 5.57 Å². The number of rotatable bonds is 2. The fraction of sp³-hybridized carbons (Fsp3) is 0.478. The van der Waals surface area contributed by atoms with Crippen molar-refractivity contribution in [2.75, 3.05) is 7.11 Å². The highest BCUT2D eigenvalue weighted by molar-refractivity contribution is 6.31. The molecule has 0 radical (unpaired) electrons. The van der Waals surface area contributed by atoms with Crippen molar-refractivity contribution in [2.24, 2.45) is 22.2 Å². The summed E-state index contributed by atoms with van der Waals surface area (Å²) in [5, 5.41) is 0. The molecule has 0 amide bonds. The number of ketones is 2. The SMILES string of the molecule is COc1ccc(C2=C[C@H]3C(=O)C(C(C)(C)C)=C[C@@]3(C(C)(C)C)C2=O)cc1. The largest absolute Gasteiger partial charge is 0.497 e. The molecule has 2 aliphatic carbocycles. The van der Waals surface area contributed by atoms with Gasteiger partial charge in [0.25, 0.3) is 0 Å². The second-order valence-corrected chi connectivity index (χ2v) is 9.41. The fourth-order valence-corrected chi connectivity index (χ4v) is 4.25. The molecule has 3 rings (SSSR count). The van der Waals surface area contributed by atoms with E-state index in [2.05, 4.69) is 20.8 Å². The lowest BCUT2D eigenvalue weighted by Crippen LogP contribution is -2.43. The van der Waals surface area contributed by atoms with Crippen LogP contribution in [0.15, 0.2) is 42.0 Å². The lowest BCUT2D eigenvalue weighted by molar-refractivity contribution is -0.131. The van der Waals surface area contributed by atoms with E-state index in [4.69, 9.17) is 4.74 Å². The van der Waals surface area contributed by atoms with Crippen molar-refractivity contribution in [3.8, 4) is 5.75 Å². The summed E-state index contributed by atoms with van der Waals surface area (Å²) in [6.45, 7) is 12.3. The van der Waals surface area contributed by atoms with Crippen molar-refractivity contribution in [2.45, 2.75) is 41.5 Å². The summed E-state index contributed by atoms with van der Waals surface area (Å²) in [7, 11) is 1.62. The first-order chi connectivity index (χ1) is 11.9. The Balaban J connectivity index is 2.14. The third-order valence-corrected chi connectivity index (χ3v) is 5.81. The summed E-state index contributed by atoms with van der Waals surface area (Å²) < 4.78 is 5.21. The lowest BCUT2D eigenvalue weighted by atomic mass is 9.61. The zero-order valence-corrected chi connectivity index (χ0v) is 16.8. The van der Waals surface area contributed by atoms with Crippen LogP contribution in [0, 0.1) is 22.2 Å². The van der Waals surface area contributed by atoms with Crippen molar-refractivity contribution >= 4 is 17.1 Å². The van der Waals surface area contributed by atoms with Crippen LogP contribution in [0.5, 0.6) is 5.75 Å². The molecule has 0 aliphatic heterocycles. The summed E-state index contributed by atoms with van der Waals surface area (Å²) >= 11 is 0. The van der Waals surface area contributed by atoms with E-state index >= 15 is 0 Å². The Morgan fingerprint density at radius 2 is 1.54 bits per heavy atom. The highest BCUT2D eigenvalue weighted by atomic mass is 16.5. The van der Waals surface area contributed by atoms with Gasteiger partial charge in [-0.15, -0.1) is 0 Å². The standard InChI is InChI=1S/C23H28O3/c1-21(2,3)18-13-23(22(4,5)6)17(19(18)24)12-16(20(23)25)14-8-10-15(26-7)11-9-14/h8-13,17H,1-7H3/t17-,23-/m0/s1. The molecule has 2 aliphatic rings. The van der Waals surface area contributed by atoms with Crippen LogP contribution < -0.4 is 4.74 Å². The van der Waals surface area contributed by atoms with Gasteiger partial charge in [0.15, 0.2) is 11.6 Å². The second-order valence-electron chi connectivity index (χ2n) is 9.41. The van der Waals surface area contributed by atoms with Gasteiger partial charge in [-0.3, -0.25) is 9.59 Å². The number of Topliss-reactive ketones (excluding diaryl/α,β-unsaturated/α-hetero) is 2. The van der Waals surface area contributed by atoms with Gasteiger partial charge in [-0.25, -0.2) is 0 Å². The summed E-state index contributed by atoms with van der Waals surface area (Å²) in [5.41, 5.74) is 0.825. The molecule has 0 saturated carbocycles. The van der Waals surface area contributed by atoms with E-state index in [1.54, 1.807) is 7.11 Å². The Hall–Kier alpha value is -2.16. The summed E-state index contributed by atoms with van der Waals surface area (Å²) in [5.74, 6) is 0.467. The smallest absolute Gasteiger partial charge is 0.174 e. The predicted octanol–water partition coefficient (Wildman–Crippen LogP) is 4.87. The molecule has 26 heavy (non-hydrogen) atoms. The quantitative estimate of drug-likeness (QED) is 0.763. The van der Waals surface area contributed by atoms with Gasteiger partial charge in [-0.1, -0.05) is 65.8 Å². The Bertz CT molecular complexity index is 826. The average molecular weight is 352 g/mol. The summed E-state index contributed by atoms with van der Waals surface area (Å²) in [6, 6.07) is 7.47. The number of hydrogen-bond acceptors (Lipinski definition) is 3. The zero-order valence-electron chi connectivity index (χ0n) is 16.8. The van der Waals surface area contributed by atoms with Gasteiger partial charge >= 0.3 is 0 Å². The van der Waals surface area contributed by atoms with Gasteiger partial charge in [0.2, 0.25) is 0 Å². The van der Waals surface area contributed by atoms with Crippen LogP contribution in [0.2, 0.25) is 0 Å². The maximum absolute atomic E-state index is 13.6. The number of allylic oxidation sites excluding steroid dienone is 4. The third kappa shape index (κ3) is 2.48. The predicted molar refractivity (Wildman–Crippen MR) is 104 cm³/mol. The van der Waals surface area contributed by atoms with E-state index in [0.29, 0.717) is 5.57 Å². The third-order valence-electron chi connectivity index (χ3n) is 5.81. The Kier molecular flexibility index (Phi) is 4.06. The molecule has 0 saturated heterocycles. The molecule has 0 unspecified atom stereocenters. The highest BCUT2D eigenvalue weighted by Gasteiger charge is 2.62. The first-order valence-electron chi connectivity index (χ1n) is 9.12. The number of carbonyl (C=O) groups is 2. The van der Waals surface area contributed by atoms with Gasteiger partial charge in [-0.2, -0.15) is 0 Å². The van der Waals surface area contributed by atoms with Crippen LogP contribution >= 0.6 is 0 Å². The van der Waals surface area contributed by atoms with Gasteiger partial charge in [0.1, 0.15) is 5.75 Å². The second kappa shape index (κ2) is 5.67. The minimum Gasteiger partial charge on any atom is -0.497 e. The van der Waals surface area contributed by atoms with Crippen molar-refractivity contribution in [1.82, 2.24) is 0 Å². The molecule has 0 aromatic heterocycles. The van der Waals surface area contributed by atoms with E-state index in [1.807, 2.05) is 57.2 Å².